The third-order valence-corrected chi connectivity index (χ3v) is 1.77. The topological polar surface area (TPSA) is 25.8 Å². The van der Waals surface area contributed by atoms with Crippen LogP contribution in [0.3, 0.4) is 0 Å². The molecule has 0 aliphatic rings. The van der Waals surface area contributed by atoms with Crippen molar-refractivity contribution < 1.29 is 0 Å². The number of hydrogen-bond donors (Lipinski definition) is 0. The first-order valence-electron chi connectivity index (χ1n) is 4.53. The maximum atomic E-state index is 4.17. The summed E-state index contributed by atoms with van der Waals surface area (Å²) in [5.41, 5.74) is 1.04. The van der Waals surface area contributed by atoms with Crippen LogP contribution in [0, 0.1) is 6.92 Å². The van der Waals surface area contributed by atoms with Crippen LogP contribution in [0.25, 0.3) is 10.8 Å². The van der Waals surface area contributed by atoms with Crippen molar-refractivity contribution in [3.05, 3.63) is 36.4 Å². The number of aromatic nitrogens is 2. The Morgan fingerprint density at radius 2 is 1.77 bits per heavy atom. The van der Waals surface area contributed by atoms with E-state index in [0.717, 1.165) is 11.1 Å². The normalized spacial score (nSPS) is 9.15. The van der Waals surface area contributed by atoms with Crippen molar-refractivity contribution >= 4 is 10.8 Å². The lowest BCUT2D eigenvalue weighted by molar-refractivity contribution is 1.22. The number of rotatable bonds is 0. The van der Waals surface area contributed by atoms with E-state index >= 15 is 0 Å². The molecule has 2 aromatic rings. The van der Waals surface area contributed by atoms with Crippen LogP contribution in [0.2, 0.25) is 0 Å². The molecule has 0 spiro atoms. The molecule has 0 radical (unpaired) electrons. The van der Waals surface area contributed by atoms with Crippen LogP contribution in [-0.4, -0.2) is 9.97 Å². The summed E-state index contributed by atoms with van der Waals surface area (Å²) in [5.74, 6) is 0. The van der Waals surface area contributed by atoms with Crippen LogP contribution in [0.4, 0.5) is 0 Å². The van der Waals surface area contributed by atoms with E-state index in [1.165, 1.54) is 5.39 Å². The van der Waals surface area contributed by atoms with E-state index in [-0.39, 0.29) is 0 Å². The van der Waals surface area contributed by atoms with Crippen molar-refractivity contribution in [2.75, 3.05) is 0 Å². The summed E-state index contributed by atoms with van der Waals surface area (Å²) in [4.78, 5) is 8.20. The third kappa shape index (κ3) is 2.02. The van der Waals surface area contributed by atoms with Crippen LogP contribution in [0.1, 0.15) is 19.5 Å². The molecule has 13 heavy (non-hydrogen) atoms. The zero-order chi connectivity index (χ0) is 9.68. The fourth-order valence-corrected chi connectivity index (χ4v) is 1.15. The van der Waals surface area contributed by atoms with Crippen LogP contribution in [0.15, 0.2) is 30.7 Å². The van der Waals surface area contributed by atoms with Gasteiger partial charge in [-0.1, -0.05) is 13.8 Å². The Hall–Kier alpha value is -1.44. The maximum Gasteiger partial charge on any atom is 0.0466 e. The first kappa shape index (κ1) is 9.65. The largest absolute Gasteiger partial charge is 0.264 e. The predicted molar refractivity (Wildman–Crippen MR) is 55.6 cm³/mol. The van der Waals surface area contributed by atoms with Gasteiger partial charge in [0.25, 0.3) is 0 Å². The third-order valence-electron chi connectivity index (χ3n) is 1.77. The molecule has 68 valence electrons. The highest BCUT2D eigenvalue weighted by atomic mass is 14.7. The summed E-state index contributed by atoms with van der Waals surface area (Å²) in [6, 6.07) is 3.98. The highest BCUT2D eigenvalue weighted by Crippen LogP contribution is 2.12. The smallest absolute Gasteiger partial charge is 0.0466 e. The lowest BCUT2D eigenvalue weighted by atomic mass is 10.2. The summed E-state index contributed by atoms with van der Waals surface area (Å²) >= 11 is 0. The van der Waals surface area contributed by atoms with Gasteiger partial charge in [0.05, 0.1) is 0 Å². The van der Waals surface area contributed by atoms with Gasteiger partial charge in [-0.05, 0) is 24.4 Å². The molecular weight excluding hydrogens is 160 g/mol. The molecule has 0 aliphatic heterocycles. The molecule has 0 saturated carbocycles. The van der Waals surface area contributed by atoms with E-state index in [2.05, 4.69) is 9.97 Å². The minimum atomic E-state index is 1.04. The maximum absolute atomic E-state index is 4.17. The molecular formula is C11H14N2. The fourth-order valence-electron chi connectivity index (χ4n) is 1.15. The lowest BCUT2D eigenvalue weighted by Crippen LogP contribution is -1.82. The molecule has 0 saturated heterocycles. The molecule has 2 aromatic heterocycles. The predicted octanol–water partition coefficient (Wildman–Crippen LogP) is 2.96. The molecule has 0 amide bonds. The Balaban J connectivity index is 0.000000396. The average Bonchev–Trinajstić information content (AvgIpc) is 2.22. The fraction of sp³-hybridized carbons (Fsp3) is 0.273. The SMILES string of the molecule is CC.Cc1nccc2ccncc12. The zero-order valence-electron chi connectivity index (χ0n) is 8.28. The molecule has 2 nitrogen and oxygen atoms in total. The zero-order valence-corrected chi connectivity index (χ0v) is 8.28. The lowest BCUT2D eigenvalue weighted by Gasteiger charge is -1.97. The first-order chi connectivity index (χ1) is 6.38. The Morgan fingerprint density at radius 1 is 1.08 bits per heavy atom. The summed E-state index contributed by atoms with van der Waals surface area (Å²) in [7, 11) is 0. The van der Waals surface area contributed by atoms with Crippen molar-refractivity contribution in [1.29, 1.82) is 0 Å². The van der Waals surface area contributed by atoms with Gasteiger partial charge in [-0.25, -0.2) is 0 Å². The second kappa shape index (κ2) is 4.55. The minimum absolute atomic E-state index is 1.04. The summed E-state index contributed by atoms with van der Waals surface area (Å²) < 4.78 is 0. The van der Waals surface area contributed by atoms with Gasteiger partial charge >= 0.3 is 0 Å². The monoisotopic (exact) mass is 174 g/mol. The van der Waals surface area contributed by atoms with Gasteiger partial charge in [-0.2, -0.15) is 0 Å². The summed E-state index contributed by atoms with van der Waals surface area (Å²) in [5, 5.41) is 2.34. The van der Waals surface area contributed by atoms with Gasteiger partial charge in [-0.15, -0.1) is 0 Å². The van der Waals surface area contributed by atoms with E-state index in [1.807, 2.05) is 45.3 Å². The van der Waals surface area contributed by atoms with Gasteiger partial charge in [0.2, 0.25) is 0 Å². The highest BCUT2D eigenvalue weighted by molar-refractivity contribution is 5.82. The van der Waals surface area contributed by atoms with E-state index in [0.29, 0.717) is 0 Å². The first-order valence-corrected chi connectivity index (χ1v) is 4.53. The number of hydrogen-bond acceptors (Lipinski definition) is 2. The number of nitrogens with zero attached hydrogens (tertiary/aromatic N) is 2. The molecule has 0 aromatic carbocycles. The minimum Gasteiger partial charge on any atom is -0.264 e. The van der Waals surface area contributed by atoms with Crippen molar-refractivity contribution in [2.24, 2.45) is 0 Å². The highest BCUT2D eigenvalue weighted by Gasteiger charge is 1.94. The molecule has 2 heterocycles. The quantitative estimate of drug-likeness (QED) is 0.613. The van der Waals surface area contributed by atoms with E-state index in [4.69, 9.17) is 0 Å². The van der Waals surface area contributed by atoms with Crippen LogP contribution in [-0.2, 0) is 0 Å². The van der Waals surface area contributed by atoms with Crippen LogP contribution < -0.4 is 0 Å². The van der Waals surface area contributed by atoms with Crippen molar-refractivity contribution in [2.45, 2.75) is 20.8 Å². The molecule has 0 N–H and O–H groups in total. The van der Waals surface area contributed by atoms with Crippen molar-refractivity contribution in [1.82, 2.24) is 9.97 Å². The van der Waals surface area contributed by atoms with Gasteiger partial charge in [-0.3, -0.25) is 9.97 Å². The summed E-state index contributed by atoms with van der Waals surface area (Å²) in [6.45, 7) is 5.99. The average molecular weight is 174 g/mol. The Labute approximate surface area is 78.7 Å². The molecule has 0 aliphatic carbocycles. The van der Waals surface area contributed by atoms with E-state index < -0.39 is 0 Å². The Bertz CT molecular complexity index is 377. The molecule has 0 fully saturated rings. The van der Waals surface area contributed by atoms with Gasteiger partial charge in [0.15, 0.2) is 0 Å². The molecule has 2 heteroatoms. The summed E-state index contributed by atoms with van der Waals surface area (Å²) in [6.07, 6.45) is 5.46. The Kier molecular flexibility index (Phi) is 3.38. The van der Waals surface area contributed by atoms with Crippen molar-refractivity contribution in [3.8, 4) is 0 Å². The second-order valence-electron chi connectivity index (χ2n) is 2.49. The Morgan fingerprint density at radius 3 is 2.46 bits per heavy atom. The van der Waals surface area contributed by atoms with Gasteiger partial charge in [0.1, 0.15) is 0 Å². The van der Waals surface area contributed by atoms with Gasteiger partial charge < -0.3 is 0 Å². The molecule has 0 unspecified atom stereocenters. The molecule has 0 bridgehead atoms. The molecule has 0 atom stereocenters. The number of pyridine rings is 2. The standard InChI is InChI=1S/C9H8N2.C2H6/c1-7-9-6-10-4-2-8(9)3-5-11-7;1-2/h2-6H,1H3;1-2H3. The molecule has 2 rings (SSSR count). The van der Waals surface area contributed by atoms with E-state index in [9.17, 15) is 0 Å². The number of fused-ring (bicyclic) bond motifs is 1. The van der Waals surface area contributed by atoms with E-state index in [1.54, 1.807) is 6.20 Å². The van der Waals surface area contributed by atoms with Crippen molar-refractivity contribution in [3.63, 3.8) is 0 Å². The van der Waals surface area contributed by atoms with Crippen LogP contribution in [0.5, 0.6) is 0 Å². The van der Waals surface area contributed by atoms with Gasteiger partial charge in [0, 0.05) is 29.7 Å². The van der Waals surface area contributed by atoms with Crippen LogP contribution >= 0.6 is 0 Å². The second-order valence-corrected chi connectivity index (χ2v) is 2.49. The number of aryl methyl sites for hydroxylation is 1.